The molecule has 70 valence electrons. The number of nitrogens with two attached hydrogens (primary N) is 1. The second-order valence-corrected chi connectivity index (χ2v) is 2.93. The molecule has 2 amide bonds. The van der Waals surface area contributed by atoms with E-state index in [1.165, 1.54) is 6.21 Å². The monoisotopic (exact) mass is 189 g/mol. The number of primary amides is 1. The summed E-state index contributed by atoms with van der Waals surface area (Å²) in [6, 6.07) is 6.36. The van der Waals surface area contributed by atoms with Gasteiger partial charge in [0.25, 0.3) is 0 Å². The summed E-state index contributed by atoms with van der Waals surface area (Å²) in [5.41, 5.74) is 6.44. The van der Waals surface area contributed by atoms with E-state index < -0.39 is 13.1 Å². The van der Waals surface area contributed by atoms with Crippen LogP contribution in [0.2, 0.25) is 0 Å². The standard InChI is InChI=1S/C8H8BN3O2/c10-8(13)12-9(14)7-4-2-1-3-6(7)5-11-12/h1-5,14H,(H2,10,13). The molecule has 2 rings (SSSR count). The number of rotatable bonds is 0. The number of nitrogens with zero attached hydrogens (tertiary/aromatic N) is 2. The molecule has 0 radical (unpaired) electrons. The van der Waals surface area contributed by atoms with Gasteiger partial charge in [-0.1, -0.05) is 24.3 Å². The number of carbonyl (C=O) groups is 1. The molecule has 1 aliphatic heterocycles. The average molecular weight is 189 g/mol. The second-order valence-electron chi connectivity index (χ2n) is 2.93. The third-order valence-electron chi connectivity index (χ3n) is 2.05. The van der Waals surface area contributed by atoms with E-state index in [1.54, 1.807) is 18.2 Å². The molecule has 1 aromatic carbocycles. The van der Waals surface area contributed by atoms with Crippen LogP contribution in [0.25, 0.3) is 0 Å². The van der Waals surface area contributed by atoms with Gasteiger partial charge in [0.15, 0.2) is 0 Å². The van der Waals surface area contributed by atoms with Gasteiger partial charge in [-0.15, -0.1) is 0 Å². The summed E-state index contributed by atoms with van der Waals surface area (Å²) in [7, 11) is -1.09. The highest BCUT2D eigenvalue weighted by Crippen LogP contribution is 2.04. The molecule has 0 saturated heterocycles. The summed E-state index contributed by atoms with van der Waals surface area (Å²) in [6.45, 7) is 0. The summed E-state index contributed by atoms with van der Waals surface area (Å²) in [5, 5.41) is 13.4. The third-order valence-corrected chi connectivity index (χ3v) is 2.05. The van der Waals surface area contributed by atoms with Gasteiger partial charge in [0.05, 0.1) is 6.21 Å². The lowest BCUT2D eigenvalue weighted by atomic mass is 9.70. The van der Waals surface area contributed by atoms with E-state index in [4.69, 9.17) is 5.73 Å². The largest absolute Gasteiger partial charge is 0.476 e. The Morgan fingerprint density at radius 3 is 2.93 bits per heavy atom. The number of carbonyl (C=O) groups excluding carboxylic acids is 1. The maximum Gasteiger partial charge on any atom is 0.476 e. The SMILES string of the molecule is NC(=O)N1N=Cc2ccccc2B1O. The molecule has 0 aliphatic carbocycles. The number of hydrogen-bond acceptors (Lipinski definition) is 3. The predicted molar refractivity (Wildman–Crippen MR) is 53.1 cm³/mol. The van der Waals surface area contributed by atoms with E-state index in [0.29, 0.717) is 5.46 Å². The second kappa shape index (κ2) is 3.15. The molecule has 0 fully saturated rings. The van der Waals surface area contributed by atoms with Crippen LogP contribution >= 0.6 is 0 Å². The Kier molecular flexibility index (Phi) is 1.97. The van der Waals surface area contributed by atoms with E-state index in [9.17, 15) is 9.82 Å². The van der Waals surface area contributed by atoms with Crippen molar-refractivity contribution < 1.29 is 9.82 Å². The van der Waals surface area contributed by atoms with Gasteiger partial charge >= 0.3 is 13.1 Å². The first-order valence-corrected chi connectivity index (χ1v) is 4.10. The van der Waals surface area contributed by atoms with Crippen LogP contribution < -0.4 is 11.2 Å². The van der Waals surface area contributed by atoms with Gasteiger partial charge in [0.1, 0.15) is 0 Å². The molecule has 6 heteroatoms. The molecule has 14 heavy (non-hydrogen) atoms. The number of hydrazone groups is 1. The molecule has 0 spiro atoms. The minimum atomic E-state index is -1.09. The maximum atomic E-state index is 10.8. The van der Waals surface area contributed by atoms with Crippen molar-refractivity contribution in [3.63, 3.8) is 0 Å². The Bertz CT molecular complexity index is 407. The fraction of sp³-hybridized carbons (Fsp3) is 0. The third kappa shape index (κ3) is 1.25. The normalized spacial score (nSPS) is 14.1. The first-order chi connectivity index (χ1) is 6.70. The number of benzene rings is 1. The Morgan fingerprint density at radius 2 is 2.21 bits per heavy atom. The van der Waals surface area contributed by atoms with Gasteiger partial charge in [-0.05, 0) is 11.0 Å². The van der Waals surface area contributed by atoms with Crippen LogP contribution in [-0.2, 0) is 0 Å². The first kappa shape index (κ1) is 8.77. The van der Waals surface area contributed by atoms with Crippen molar-refractivity contribution in [3.8, 4) is 0 Å². The van der Waals surface area contributed by atoms with Crippen molar-refractivity contribution in [1.82, 2.24) is 4.92 Å². The van der Waals surface area contributed by atoms with E-state index in [0.717, 1.165) is 10.5 Å². The minimum absolute atomic E-state index is 0.626. The van der Waals surface area contributed by atoms with Crippen molar-refractivity contribution in [1.29, 1.82) is 0 Å². The summed E-state index contributed by atoms with van der Waals surface area (Å²) in [5.74, 6) is 0. The zero-order valence-electron chi connectivity index (χ0n) is 7.29. The quantitative estimate of drug-likeness (QED) is 0.518. The summed E-state index contributed by atoms with van der Waals surface area (Å²) >= 11 is 0. The van der Waals surface area contributed by atoms with Gasteiger partial charge < -0.3 is 10.8 Å². The lowest BCUT2D eigenvalue weighted by Crippen LogP contribution is -2.53. The number of urea groups is 1. The molecule has 1 aromatic rings. The Labute approximate surface area is 81.0 Å². The van der Waals surface area contributed by atoms with E-state index in [2.05, 4.69) is 5.10 Å². The number of hydrogen-bond donors (Lipinski definition) is 2. The predicted octanol–water partition coefficient (Wildman–Crippen LogP) is -0.898. The van der Waals surface area contributed by atoms with Crippen LogP contribution in [0.3, 0.4) is 0 Å². The minimum Gasteiger partial charge on any atom is -0.427 e. The van der Waals surface area contributed by atoms with Crippen LogP contribution in [0.5, 0.6) is 0 Å². The van der Waals surface area contributed by atoms with Crippen molar-refractivity contribution >= 4 is 24.8 Å². The molecule has 1 heterocycles. The highest BCUT2D eigenvalue weighted by atomic mass is 16.2. The maximum absolute atomic E-state index is 10.8. The summed E-state index contributed by atoms with van der Waals surface area (Å²) in [6.07, 6.45) is 1.49. The van der Waals surface area contributed by atoms with Crippen molar-refractivity contribution in [2.75, 3.05) is 0 Å². The number of amides is 2. The molecule has 5 nitrogen and oxygen atoms in total. The smallest absolute Gasteiger partial charge is 0.427 e. The fourth-order valence-corrected chi connectivity index (χ4v) is 1.36. The van der Waals surface area contributed by atoms with Gasteiger partial charge in [-0.25, -0.2) is 9.71 Å². The first-order valence-electron chi connectivity index (χ1n) is 4.10. The van der Waals surface area contributed by atoms with Crippen LogP contribution in [0.1, 0.15) is 5.56 Å². The van der Waals surface area contributed by atoms with Crippen molar-refractivity contribution in [3.05, 3.63) is 29.8 Å². The molecule has 0 bridgehead atoms. The molecule has 1 aliphatic rings. The van der Waals surface area contributed by atoms with Crippen LogP contribution in [0.4, 0.5) is 4.79 Å². The highest BCUT2D eigenvalue weighted by molar-refractivity contribution is 6.67. The molecule has 0 saturated carbocycles. The molecular formula is C8H8BN3O2. The van der Waals surface area contributed by atoms with Gasteiger partial charge in [0, 0.05) is 0 Å². The highest BCUT2D eigenvalue weighted by Gasteiger charge is 2.31. The molecule has 0 unspecified atom stereocenters. The van der Waals surface area contributed by atoms with Gasteiger partial charge in [-0.3, -0.25) is 0 Å². The van der Waals surface area contributed by atoms with Gasteiger partial charge in [0.2, 0.25) is 0 Å². The van der Waals surface area contributed by atoms with Gasteiger partial charge in [-0.2, -0.15) is 5.10 Å². The van der Waals surface area contributed by atoms with Crippen LogP contribution in [0.15, 0.2) is 29.4 Å². The van der Waals surface area contributed by atoms with Crippen molar-refractivity contribution in [2.45, 2.75) is 0 Å². The van der Waals surface area contributed by atoms with E-state index >= 15 is 0 Å². The zero-order chi connectivity index (χ0) is 10.1. The van der Waals surface area contributed by atoms with E-state index in [1.807, 2.05) is 6.07 Å². The molecular weight excluding hydrogens is 181 g/mol. The molecule has 0 atom stereocenters. The topological polar surface area (TPSA) is 78.9 Å². The number of fused-ring (bicyclic) bond motifs is 1. The average Bonchev–Trinajstić information content (AvgIpc) is 2.18. The zero-order valence-corrected chi connectivity index (χ0v) is 7.29. The van der Waals surface area contributed by atoms with Crippen LogP contribution in [0, 0.1) is 0 Å². The summed E-state index contributed by atoms with van der Waals surface area (Å²) < 4.78 is 0. The van der Waals surface area contributed by atoms with Crippen LogP contribution in [-0.4, -0.2) is 29.2 Å². The Balaban J connectivity index is 2.44. The van der Waals surface area contributed by atoms with E-state index in [-0.39, 0.29) is 0 Å². The lowest BCUT2D eigenvalue weighted by molar-refractivity contribution is 0.229. The summed E-state index contributed by atoms with van der Waals surface area (Å²) in [4.78, 5) is 11.7. The Hall–Kier alpha value is -1.82. The fourth-order valence-electron chi connectivity index (χ4n) is 1.36. The lowest BCUT2D eigenvalue weighted by Gasteiger charge is -2.22. The van der Waals surface area contributed by atoms with Crippen molar-refractivity contribution in [2.24, 2.45) is 10.8 Å². The Morgan fingerprint density at radius 1 is 1.50 bits per heavy atom. The molecule has 3 N–H and O–H groups in total. The molecule has 0 aromatic heterocycles.